The SMILES string of the molecule is CCC(C)CNC(=O)CCC(C)(C)CCN. The van der Waals surface area contributed by atoms with Gasteiger partial charge in [0.25, 0.3) is 0 Å². The molecule has 0 aliphatic rings. The molecule has 0 saturated heterocycles. The molecule has 1 atom stereocenters. The predicted octanol–water partition coefficient (Wildman–Crippen LogP) is 2.30. The van der Waals surface area contributed by atoms with Crippen LogP contribution in [-0.4, -0.2) is 19.0 Å². The molecule has 0 aromatic carbocycles. The molecule has 1 amide bonds. The maximum atomic E-state index is 11.6. The average molecular weight is 228 g/mol. The Bertz CT molecular complexity index is 202. The van der Waals surface area contributed by atoms with Crippen LogP contribution < -0.4 is 11.1 Å². The molecule has 3 N–H and O–H groups in total. The number of amides is 1. The Morgan fingerprint density at radius 3 is 2.50 bits per heavy atom. The van der Waals surface area contributed by atoms with Crippen LogP contribution in [0.15, 0.2) is 0 Å². The van der Waals surface area contributed by atoms with Gasteiger partial charge in [0.1, 0.15) is 0 Å². The Morgan fingerprint density at radius 2 is 2.00 bits per heavy atom. The summed E-state index contributed by atoms with van der Waals surface area (Å²) in [7, 11) is 0. The Hall–Kier alpha value is -0.570. The Labute approximate surface area is 100 Å². The highest BCUT2D eigenvalue weighted by atomic mass is 16.1. The molecule has 0 aliphatic heterocycles. The van der Waals surface area contributed by atoms with Gasteiger partial charge in [0.2, 0.25) is 5.91 Å². The average Bonchev–Trinajstić information content (AvgIpc) is 2.23. The van der Waals surface area contributed by atoms with Crippen LogP contribution in [0.2, 0.25) is 0 Å². The molecule has 3 heteroatoms. The van der Waals surface area contributed by atoms with E-state index in [0.717, 1.165) is 25.8 Å². The van der Waals surface area contributed by atoms with Crippen LogP contribution in [0.25, 0.3) is 0 Å². The van der Waals surface area contributed by atoms with E-state index >= 15 is 0 Å². The second-order valence-electron chi connectivity index (χ2n) is 5.52. The van der Waals surface area contributed by atoms with Crippen molar-refractivity contribution in [2.75, 3.05) is 13.1 Å². The van der Waals surface area contributed by atoms with Crippen molar-refractivity contribution in [3.63, 3.8) is 0 Å². The summed E-state index contributed by atoms with van der Waals surface area (Å²) in [6, 6.07) is 0. The highest BCUT2D eigenvalue weighted by molar-refractivity contribution is 5.75. The number of hydrogen-bond acceptors (Lipinski definition) is 2. The summed E-state index contributed by atoms with van der Waals surface area (Å²) in [5.74, 6) is 0.742. The summed E-state index contributed by atoms with van der Waals surface area (Å²) in [6.07, 6.45) is 3.62. The van der Waals surface area contributed by atoms with Crippen LogP contribution in [0, 0.1) is 11.3 Å². The van der Waals surface area contributed by atoms with Crippen molar-refractivity contribution in [2.24, 2.45) is 17.1 Å². The zero-order valence-electron chi connectivity index (χ0n) is 11.3. The van der Waals surface area contributed by atoms with E-state index in [9.17, 15) is 4.79 Å². The highest BCUT2D eigenvalue weighted by Gasteiger charge is 2.18. The molecule has 0 aliphatic carbocycles. The smallest absolute Gasteiger partial charge is 0.220 e. The fourth-order valence-electron chi connectivity index (χ4n) is 1.49. The van der Waals surface area contributed by atoms with E-state index in [4.69, 9.17) is 5.73 Å². The van der Waals surface area contributed by atoms with Gasteiger partial charge in [0, 0.05) is 13.0 Å². The third-order valence-corrected chi connectivity index (χ3v) is 3.19. The van der Waals surface area contributed by atoms with Crippen LogP contribution >= 0.6 is 0 Å². The standard InChI is InChI=1S/C13H28N2O/c1-5-11(2)10-15-12(16)6-7-13(3,4)8-9-14/h11H,5-10,14H2,1-4H3,(H,15,16). The zero-order chi connectivity index (χ0) is 12.6. The molecule has 1 unspecified atom stereocenters. The first kappa shape index (κ1) is 15.4. The molecule has 0 rings (SSSR count). The summed E-state index contributed by atoms with van der Waals surface area (Å²) >= 11 is 0. The predicted molar refractivity (Wildman–Crippen MR) is 69.2 cm³/mol. The van der Waals surface area contributed by atoms with Gasteiger partial charge in [-0.2, -0.15) is 0 Å². The van der Waals surface area contributed by atoms with Gasteiger partial charge < -0.3 is 11.1 Å². The maximum Gasteiger partial charge on any atom is 0.220 e. The van der Waals surface area contributed by atoms with Crippen LogP contribution in [-0.2, 0) is 4.79 Å². The Kier molecular flexibility index (Phi) is 7.39. The fraction of sp³-hybridized carbons (Fsp3) is 0.923. The minimum absolute atomic E-state index is 0.172. The van der Waals surface area contributed by atoms with E-state index in [1.165, 1.54) is 0 Å². The second-order valence-corrected chi connectivity index (χ2v) is 5.52. The molecular weight excluding hydrogens is 200 g/mol. The largest absolute Gasteiger partial charge is 0.356 e. The third kappa shape index (κ3) is 7.69. The Morgan fingerprint density at radius 1 is 1.38 bits per heavy atom. The van der Waals surface area contributed by atoms with Crippen molar-refractivity contribution < 1.29 is 4.79 Å². The molecule has 0 radical (unpaired) electrons. The van der Waals surface area contributed by atoms with E-state index in [1.807, 2.05) is 0 Å². The van der Waals surface area contributed by atoms with E-state index in [0.29, 0.717) is 18.9 Å². The van der Waals surface area contributed by atoms with Crippen molar-refractivity contribution in [2.45, 2.75) is 53.4 Å². The fourth-order valence-corrected chi connectivity index (χ4v) is 1.49. The quantitative estimate of drug-likeness (QED) is 0.670. The van der Waals surface area contributed by atoms with E-state index in [1.54, 1.807) is 0 Å². The van der Waals surface area contributed by atoms with E-state index in [2.05, 4.69) is 33.0 Å². The van der Waals surface area contributed by atoms with Crippen molar-refractivity contribution in [1.29, 1.82) is 0 Å². The van der Waals surface area contributed by atoms with Gasteiger partial charge in [-0.05, 0) is 30.7 Å². The molecular formula is C13H28N2O. The third-order valence-electron chi connectivity index (χ3n) is 3.19. The van der Waals surface area contributed by atoms with Gasteiger partial charge >= 0.3 is 0 Å². The summed E-state index contributed by atoms with van der Waals surface area (Å²) in [5.41, 5.74) is 5.72. The lowest BCUT2D eigenvalue weighted by atomic mass is 9.84. The number of nitrogens with one attached hydrogen (secondary N) is 1. The number of hydrogen-bond donors (Lipinski definition) is 2. The van der Waals surface area contributed by atoms with Gasteiger partial charge in [-0.3, -0.25) is 4.79 Å². The second kappa shape index (κ2) is 7.66. The number of carbonyl (C=O) groups is 1. The minimum atomic E-state index is 0.172. The van der Waals surface area contributed by atoms with E-state index < -0.39 is 0 Å². The van der Waals surface area contributed by atoms with Crippen LogP contribution in [0.4, 0.5) is 0 Å². The lowest BCUT2D eigenvalue weighted by Gasteiger charge is -2.23. The monoisotopic (exact) mass is 228 g/mol. The first-order chi connectivity index (χ1) is 7.41. The lowest BCUT2D eigenvalue weighted by molar-refractivity contribution is -0.121. The van der Waals surface area contributed by atoms with Crippen LogP contribution in [0.5, 0.6) is 0 Å². The van der Waals surface area contributed by atoms with Crippen molar-refractivity contribution >= 4 is 5.91 Å². The maximum absolute atomic E-state index is 11.6. The first-order valence-electron chi connectivity index (χ1n) is 6.38. The van der Waals surface area contributed by atoms with Crippen molar-refractivity contribution in [3.05, 3.63) is 0 Å². The first-order valence-corrected chi connectivity index (χ1v) is 6.38. The minimum Gasteiger partial charge on any atom is -0.356 e. The number of carbonyl (C=O) groups excluding carboxylic acids is 1. The lowest BCUT2D eigenvalue weighted by Crippen LogP contribution is -2.29. The molecule has 0 aromatic heterocycles. The molecule has 0 saturated carbocycles. The van der Waals surface area contributed by atoms with Crippen molar-refractivity contribution in [3.8, 4) is 0 Å². The highest BCUT2D eigenvalue weighted by Crippen LogP contribution is 2.25. The van der Waals surface area contributed by atoms with Gasteiger partial charge in [-0.1, -0.05) is 34.1 Å². The summed E-state index contributed by atoms with van der Waals surface area (Å²) in [6.45, 7) is 10.1. The number of nitrogens with two attached hydrogens (primary N) is 1. The molecule has 0 aromatic rings. The van der Waals surface area contributed by atoms with Gasteiger partial charge in [-0.15, -0.1) is 0 Å². The van der Waals surface area contributed by atoms with Crippen LogP contribution in [0.3, 0.4) is 0 Å². The van der Waals surface area contributed by atoms with Crippen LogP contribution in [0.1, 0.15) is 53.4 Å². The van der Waals surface area contributed by atoms with Gasteiger partial charge in [0.05, 0.1) is 0 Å². The van der Waals surface area contributed by atoms with E-state index in [-0.39, 0.29) is 11.3 Å². The molecule has 0 bridgehead atoms. The molecule has 0 heterocycles. The summed E-state index contributed by atoms with van der Waals surface area (Å²) in [5, 5.41) is 2.98. The molecule has 0 fully saturated rings. The molecule has 16 heavy (non-hydrogen) atoms. The molecule has 0 spiro atoms. The Balaban J connectivity index is 3.72. The summed E-state index contributed by atoms with van der Waals surface area (Å²) in [4.78, 5) is 11.6. The van der Waals surface area contributed by atoms with Gasteiger partial charge in [0.15, 0.2) is 0 Å². The van der Waals surface area contributed by atoms with Crippen molar-refractivity contribution in [1.82, 2.24) is 5.32 Å². The molecule has 96 valence electrons. The zero-order valence-corrected chi connectivity index (χ0v) is 11.3. The number of rotatable bonds is 8. The topological polar surface area (TPSA) is 55.1 Å². The normalized spacial score (nSPS) is 13.6. The summed E-state index contributed by atoms with van der Waals surface area (Å²) < 4.78 is 0. The van der Waals surface area contributed by atoms with Gasteiger partial charge in [-0.25, -0.2) is 0 Å². The molecule has 3 nitrogen and oxygen atoms in total.